The van der Waals surface area contributed by atoms with Crippen LogP contribution in [0.15, 0.2) is 70.2 Å². The van der Waals surface area contributed by atoms with Gasteiger partial charge in [-0.05, 0) is 101 Å². The third kappa shape index (κ3) is 6.79. The Kier molecular flexibility index (Phi) is 8.19. The topological polar surface area (TPSA) is 78.0 Å². The van der Waals surface area contributed by atoms with Gasteiger partial charge in [0.05, 0.1) is 16.3 Å². The Balaban J connectivity index is 1.31. The third-order valence-electron chi connectivity index (χ3n) is 5.44. The monoisotopic (exact) mass is 553 g/mol. The maximum Gasteiger partial charge on any atom is 0.307 e. The first-order valence-corrected chi connectivity index (χ1v) is 12.7. The van der Waals surface area contributed by atoms with Crippen molar-refractivity contribution in [2.24, 2.45) is 5.10 Å². The van der Waals surface area contributed by atoms with Gasteiger partial charge in [0.25, 0.3) is 0 Å². The number of rotatable bonds is 8. The van der Waals surface area contributed by atoms with Gasteiger partial charge in [-0.2, -0.15) is 5.10 Å². The molecule has 7 nitrogen and oxygen atoms in total. The van der Waals surface area contributed by atoms with Crippen LogP contribution in [0, 0.1) is 13.8 Å². The largest absolute Gasteiger partial charge is 0.486 e. The molecule has 2 aromatic heterocycles. The fraction of sp³-hybridized carbons (Fsp3) is 0.241. The second kappa shape index (κ2) is 11.4. The van der Waals surface area contributed by atoms with Crippen LogP contribution in [0.1, 0.15) is 54.0 Å². The first-order valence-electron chi connectivity index (χ1n) is 12.0. The summed E-state index contributed by atoms with van der Waals surface area (Å²) in [5.41, 5.74) is 5.98. The summed E-state index contributed by atoms with van der Waals surface area (Å²) in [6.45, 7) is 10.0. The molecule has 2 heterocycles. The summed E-state index contributed by atoms with van der Waals surface area (Å²) in [4.78, 5) is 12.4. The molecule has 2 aromatic carbocycles. The molecule has 0 atom stereocenters. The van der Waals surface area contributed by atoms with Crippen LogP contribution >= 0.6 is 23.2 Å². The average Bonchev–Trinajstić information content (AvgIpc) is 3.46. The Morgan fingerprint density at radius 1 is 1.00 bits per heavy atom. The van der Waals surface area contributed by atoms with Crippen molar-refractivity contribution in [1.29, 1.82) is 0 Å². The lowest BCUT2D eigenvalue weighted by atomic mass is 10.2. The number of aryl methyl sites for hydroxylation is 2. The number of carbonyl (C=O) groups is 1. The molecule has 0 spiro atoms. The maximum atomic E-state index is 12.4. The number of halogens is 2. The van der Waals surface area contributed by atoms with Crippen molar-refractivity contribution in [3.8, 4) is 17.2 Å². The molecule has 9 heteroatoms. The molecule has 198 valence electrons. The summed E-state index contributed by atoms with van der Waals surface area (Å²) in [6, 6.07) is 18.5. The first-order chi connectivity index (χ1) is 18.0. The molecule has 0 radical (unpaired) electrons. The molecule has 1 N–H and O–H groups in total. The van der Waals surface area contributed by atoms with E-state index in [2.05, 4.69) is 41.1 Å². The summed E-state index contributed by atoms with van der Waals surface area (Å²) in [6.07, 6.45) is 1.43. The van der Waals surface area contributed by atoms with Crippen molar-refractivity contribution in [3.63, 3.8) is 0 Å². The lowest BCUT2D eigenvalue weighted by Crippen LogP contribution is -2.23. The molecular weight excluding hydrogens is 525 g/mol. The Hall–Kier alpha value is -3.68. The Morgan fingerprint density at radius 2 is 1.63 bits per heavy atom. The quantitative estimate of drug-likeness (QED) is 0.181. The average molecular weight is 554 g/mol. The molecular formula is C29H29Cl2N3O4. The fourth-order valence-electron chi connectivity index (χ4n) is 3.78. The van der Waals surface area contributed by atoms with Gasteiger partial charge in [0.2, 0.25) is 0 Å². The van der Waals surface area contributed by atoms with Crippen LogP contribution in [0.3, 0.4) is 0 Å². The summed E-state index contributed by atoms with van der Waals surface area (Å²) in [7, 11) is 0. The smallest absolute Gasteiger partial charge is 0.307 e. The van der Waals surface area contributed by atoms with Gasteiger partial charge in [-0.1, -0.05) is 23.2 Å². The molecule has 4 rings (SSSR count). The van der Waals surface area contributed by atoms with Crippen molar-refractivity contribution < 1.29 is 18.7 Å². The number of hydrazone groups is 1. The molecule has 0 fully saturated rings. The molecule has 4 aromatic rings. The van der Waals surface area contributed by atoms with E-state index in [1.165, 1.54) is 6.21 Å². The Labute approximate surface area is 232 Å². The van der Waals surface area contributed by atoms with E-state index in [0.29, 0.717) is 32.9 Å². The summed E-state index contributed by atoms with van der Waals surface area (Å²) in [5.74, 6) is 1.21. The van der Waals surface area contributed by atoms with E-state index >= 15 is 0 Å². The van der Waals surface area contributed by atoms with Crippen LogP contribution in [0.25, 0.3) is 5.69 Å². The number of amides is 1. The second-order valence-corrected chi connectivity index (χ2v) is 10.5. The fourth-order valence-corrected chi connectivity index (χ4v) is 4.36. The minimum absolute atomic E-state index is 0.111. The number of furan rings is 1. The number of nitrogens with one attached hydrogen (secondary N) is 1. The van der Waals surface area contributed by atoms with Crippen LogP contribution in [-0.2, 0) is 6.61 Å². The Morgan fingerprint density at radius 3 is 2.24 bits per heavy atom. The van der Waals surface area contributed by atoms with E-state index in [4.69, 9.17) is 37.1 Å². The number of aromatic nitrogens is 1. The minimum atomic E-state index is -0.501. The van der Waals surface area contributed by atoms with Crippen molar-refractivity contribution in [2.75, 3.05) is 0 Å². The molecule has 0 aliphatic rings. The van der Waals surface area contributed by atoms with Crippen molar-refractivity contribution in [1.82, 2.24) is 9.99 Å². The van der Waals surface area contributed by atoms with Crippen LogP contribution in [0.4, 0.5) is 0 Å². The molecule has 0 saturated carbocycles. The lowest BCUT2D eigenvalue weighted by Gasteiger charge is -2.23. The number of ether oxygens (including phenoxy) is 2. The van der Waals surface area contributed by atoms with E-state index in [9.17, 15) is 4.79 Å². The van der Waals surface area contributed by atoms with Gasteiger partial charge in [0.1, 0.15) is 23.7 Å². The van der Waals surface area contributed by atoms with Crippen LogP contribution in [0.2, 0.25) is 10.0 Å². The van der Waals surface area contributed by atoms with Crippen LogP contribution in [-0.4, -0.2) is 22.3 Å². The van der Waals surface area contributed by atoms with Crippen LogP contribution in [0.5, 0.6) is 11.5 Å². The van der Waals surface area contributed by atoms with E-state index in [-0.39, 0.29) is 12.4 Å². The van der Waals surface area contributed by atoms with Gasteiger partial charge in [0.15, 0.2) is 11.5 Å². The highest BCUT2D eigenvalue weighted by molar-refractivity contribution is 6.37. The third-order valence-corrected chi connectivity index (χ3v) is 6.00. The lowest BCUT2D eigenvalue weighted by molar-refractivity contribution is 0.0923. The van der Waals surface area contributed by atoms with E-state index in [1.807, 2.05) is 45.0 Å². The molecule has 1 amide bonds. The zero-order chi connectivity index (χ0) is 27.4. The van der Waals surface area contributed by atoms with E-state index in [1.54, 1.807) is 24.3 Å². The predicted octanol–water partition coefficient (Wildman–Crippen LogP) is 7.51. The number of hydrogen-bond acceptors (Lipinski definition) is 5. The maximum absolute atomic E-state index is 12.4. The number of nitrogens with zero attached hydrogens (tertiary/aromatic N) is 2. The van der Waals surface area contributed by atoms with E-state index in [0.717, 1.165) is 17.1 Å². The molecule has 0 bridgehead atoms. The zero-order valence-electron chi connectivity index (χ0n) is 21.8. The standard InChI is InChI=1S/C29H29Cl2N3O4/c1-18-6-7-19(2)34(18)21-8-10-22(11-9-21)36-17-23-12-13-26(37-23)28(35)33-32-16-20-14-24(30)27(25(31)15-20)38-29(3,4)5/h6-16H,17H2,1-5H3,(H,33,35)/b32-16+. The zero-order valence-corrected chi connectivity index (χ0v) is 23.4. The first kappa shape index (κ1) is 27.4. The van der Waals surface area contributed by atoms with Crippen molar-refractivity contribution >= 4 is 35.3 Å². The van der Waals surface area contributed by atoms with Gasteiger partial charge >= 0.3 is 5.91 Å². The van der Waals surface area contributed by atoms with E-state index < -0.39 is 11.5 Å². The van der Waals surface area contributed by atoms with Gasteiger partial charge in [-0.3, -0.25) is 4.79 Å². The highest BCUT2D eigenvalue weighted by Gasteiger charge is 2.18. The number of benzene rings is 2. The number of hydrogen-bond donors (Lipinski definition) is 1. The summed E-state index contributed by atoms with van der Waals surface area (Å²) >= 11 is 12.6. The molecule has 38 heavy (non-hydrogen) atoms. The minimum Gasteiger partial charge on any atom is -0.486 e. The highest BCUT2D eigenvalue weighted by Crippen LogP contribution is 2.36. The SMILES string of the molecule is Cc1ccc(C)n1-c1ccc(OCc2ccc(C(=O)N/N=C/c3cc(Cl)c(OC(C)(C)C)c(Cl)c3)o2)cc1. The summed E-state index contributed by atoms with van der Waals surface area (Å²) < 4.78 is 19.4. The highest BCUT2D eigenvalue weighted by atomic mass is 35.5. The Bertz CT molecular complexity index is 1420. The summed E-state index contributed by atoms with van der Waals surface area (Å²) in [5, 5.41) is 4.67. The molecule has 0 unspecified atom stereocenters. The van der Waals surface area contributed by atoms with Gasteiger partial charge in [-0.25, -0.2) is 5.43 Å². The second-order valence-electron chi connectivity index (χ2n) is 9.73. The van der Waals surface area contributed by atoms with Crippen LogP contribution < -0.4 is 14.9 Å². The van der Waals surface area contributed by atoms with Crippen molar-refractivity contribution in [2.45, 2.75) is 46.8 Å². The normalized spacial score (nSPS) is 11.7. The van der Waals surface area contributed by atoms with Gasteiger partial charge in [-0.15, -0.1) is 0 Å². The predicted molar refractivity (Wildman–Crippen MR) is 150 cm³/mol. The molecule has 0 aliphatic carbocycles. The molecule has 0 saturated heterocycles. The van der Waals surface area contributed by atoms with Gasteiger partial charge in [0, 0.05) is 17.1 Å². The van der Waals surface area contributed by atoms with Crippen molar-refractivity contribution in [3.05, 3.63) is 99.2 Å². The molecule has 0 aliphatic heterocycles. The number of carbonyl (C=O) groups excluding carboxylic acids is 1. The van der Waals surface area contributed by atoms with Gasteiger partial charge < -0.3 is 18.5 Å².